The molecule has 0 saturated heterocycles. The Morgan fingerprint density at radius 1 is 1.06 bits per heavy atom. The summed E-state index contributed by atoms with van der Waals surface area (Å²) < 4.78 is 32.0. The number of sulfone groups is 1. The van der Waals surface area contributed by atoms with Crippen LogP contribution >= 0.6 is 0 Å². The van der Waals surface area contributed by atoms with E-state index in [2.05, 4.69) is 14.9 Å². The van der Waals surface area contributed by atoms with Gasteiger partial charge in [-0.15, -0.1) is 10.2 Å². The monoisotopic (exact) mass is 442 g/mol. The number of nitrogens with zero attached hydrogens (tertiary/aromatic N) is 3. The molecule has 2 N–H and O–H groups in total. The molecular formula is C22H26N4O4S. The van der Waals surface area contributed by atoms with Crippen LogP contribution < -0.4 is 5.73 Å². The molecule has 0 aliphatic rings. The average molecular weight is 443 g/mol. The minimum atomic E-state index is -3.88. The molecule has 1 aromatic heterocycles. The normalized spacial score (nSPS) is 12.5. The fraction of sp³-hybridized carbons (Fsp3) is 0.318. The van der Waals surface area contributed by atoms with E-state index >= 15 is 0 Å². The first kappa shape index (κ1) is 22.6. The van der Waals surface area contributed by atoms with Crippen LogP contribution in [0.3, 0.4) is 0 Å². The molecule has 1 heterocycles. The number of aryl methyl sites for hydroxylation is 1. The molecule has 31 heavy (non-hydrogen) atoms. The highest BCUT2D eigenvalue weighted by Gasteiger charge is 2.28. The minimum Gasteiger partial charge on any atom is -0.469 e. The summed E-state index contributed by atoms with van der Waals surface area (Å²) in [7, 11) is -2.66. The maximum absolute atomic E-state index is 12.9. The number of hydrogen-bond donors (Lipinski definition) is 1. The summed E-state index contributed by atoms with van der Waals surface area (Å²) in [6, 6.07) is 16.9. The molecule has 0 spiro atoms. The van der Waals surface area contributed by atoms with Gasteiger partial charge in [0, 0.05) is 0 Å². The molecule has 3 rings (SSSR count). The molecule has 0 amide bonds. The van der Waals surface area contributed by atoms with Gasteiger partial charge in [0.1, 0.15) is 0 Å². The second kappa shape index (κ2) is 9.84. The Kier molecular flexibility index (Phi) is 7.19. The van der Waals surface area contributed by atoms with Crippen LogP contribution in [0.4, 0.5) is 0 Å². The summed E-state index contributed by atoms with van der Waals surface area (Å²) >= 11 is 0. The highest BCUT2D eigenvalue weighted by atomic mass is 32.2. The van der Waals surface area contributed by atoms with Crippen molar-refractivity contribution in [2.45, 2.75) is 37.5 Å². The number of rotatable bonds is 9. The summed E-state index contributed by atoms with van der Waals surface area (Å²) in [5, 5.41) is 7.89. The summed E-state index contributed by atoms with van der Waals surface area (Å²) in [6.07, 6.45) is 0.219. The molecule has 0 fully saturated rings. The van der Waals surface area contributed by atoms with Gasteiger partial charge in [-0.2, -0.15) is 0 Å². The van der Waals surface area contributed by atoms with Gasteiger partial charge in [-0.1, -0.05) is 60.2 Å². The van der Waals surface area contributed by atoms with Crippen LogP contribution in [0, 0.1) is 6.92 Å². The topological polar surface area (TPSA) is 117 Å². The smallest absolute Gasteiger partial charge is 0.306 e. The molecular weight excluding hydrogens is 416 g/mol. The van der Waals surface area contributed by atoms with Crippen molar-refractivity contribution in [3.05, 3.63) is 77.1 Å². The van der Waals surface area contributed by atoms with Crippen LogP contribution in [0.1, 0.15) is 35.0 Å². The van der Waals surface area contributed by atoms with E-state index in [1.807, 2.05) is 61.5 Å². The summed E-state index contributed by atoms with van der Waals surface area (Å²) in [5.41, 5.74) is 9.41. The molecule has 0 saturated carbocycles. The van der Waals surface area contributed by atoms with Crippen LogP contribution in [0.25, 0.3) is 0 Å². The second-order valence-corrected chi connectivity index (χ2v) is 9.36. The van der Waals surface area contributed by atoms with Crippen LogP contribution in [-0.2, 0) is 32.3 Å². The van der Waals surface area contributed by atoms with Gasteiger partial charge in [0.2, 0.25) is 15.0 Å². The van der Waals surface area contributed by atoms with E-state index in [1.54, 1.807) is 0 Å². The number of nitrogens with two attached hydrogens (primary N) is 1. The van der Waals surface area contributed by atoms with E-state index in [9.17, 15) is 13.2 Å². The zero-order valence-corrected chi connectivity index (χ0v) is 18.4. The zero-order chi connectivity index (χ0) is 22.4. The predicted molar refractivity (Wildman–Crippen MR) is 116 cm³/mol. The van der Waals surface area contributed by atoms with E-state index in [-0.39, 0.29) is 18.1 Å². The van der Waals surface area contributed by atoms with Crippen molar-refractivity contribution in [3.63, 3.8) is 0 Å². The van der Waals surface area contributed by atoms with Gasteiger partial charge in [0.25, 0.3) is 0 Å². The Hall–Kier alpha value is -3.04. The Labute approximate surface area is 182 Å². The predicted octanol–water partition coefficient (Wildman–Crippen LogP) is 2.21. The number of esters is 1. The van der Waals surface area contributed by atoms with Crippen molar-refractivity contribution < 1.29 is 17.9 Å². The number of benzene rings is 2. The zero-order valence-electron chi connectivity index (χ0n) is 17.6. The molecule has 0 aliphatic heterocycles. The quantitative estimate of drug-likeness (QED) is 0.505. The van der Waals surface area contributed by atoms with Crippen molar-refractivity contribution >= 4 is 15.8 Å². The number of carbonyl (C=O) groups is 1. The highest BCUT2D eigenvalue weighted by molar-refractivity contribution is 7.91. The lowest BCUT2D eigenvalue weighted by Gasteiger charge is -2.15. The van der Waals surface area contributed by atoms with Crippen LogP contribution in [0.2, 0.25) is 0 Å². The fourth-order valence-corrected chi connectivity index (χ4v) is 4.48. The van der Waals surface area contributed by atoms with Crippen molar-refractivity contribution in [2.75, 3.05) is 12.9 Å². The van der Waals surface area contributed by atoms with Crippen molar-refractivity contribution in [2.24, 2.45) is 5.73 Å². The third kappa shape index (κ3) is 5.77. The van der Waals surface area contributed by atoms with Crippen LogP contribution in [-0.4, -0.2) is 42.0 Å². The largest absolute Gasteiger partial charge is 0.469 e. The number of carbonyl (C=O) groups excluding carboxylic acids is 1. The van der Waals surface area contributed by atoms with Crippen LogP contribution in [0.15, 0.2) is 59.8 Å². The van der Waals surface area contributed by atoms with E-state index in [0.717, 1.165) is 16.7 Å². The highest BCUT2D eigenvalue weighted by Crippen LogP contribution is 2.21. The molecule has 0 unspecified atom stereocenters. The van der Waals surface area contributed by atoms with Crippen LogP contribution in [0.5, 0.6) is 0 Å². The average Bonchev–Trinajstić information content (AvgIpc) is 3.19. The van der Waals surface area contributed by atoms with Gasteiger partial charge < -0.3 is 10.5 Å². The number of ether oxygens (including phenoxy) is 1. The molecule has 2 aromatic carbocycles. The van der Waals surface area contributed by atoms with Crippen molar-refractivity contribution in [3.8, 4) is 0 Å². The van der Waals surface area contributed by atoms with E-state index < -0.39 is 27.6 Å². The van der Waals surface area contributed by atoms with Gasteiger partial charge in [-0.05, 0) is 24.5 Å². The molecule has 0 bridgehead atoms. The number of hydrogen-bond acceptors (Lipinski definition) is 7. The van der Waals surface area contributed by atoms with Crippen molar-refractivity contribution in [1.82, 2.24) is 14.8 Å². The SMILES string of the molecule is COC(=O)CCS(=O)(=O)c1nnc([C@@H](N)Cc2ccccc2)n1Cc1ccc(C)cc1. The Balaban J connectivity index is 1.96. The molecule has 0 radical (unpaired) electrons. The molecule has 9 heteroatoms. The van der Waals surface area contributed by atoms with Gasteiger partial charge in [0.15, 0.2) is 5.82 Å². The van der Waals surface area contributed by atoms with Gasteiger partial charge in [-0.25, -0.2) is 8.42 Å². The van der Waals surface area contributed by atoms with E-state index in [1.165, 1.54) is 11.7 Å². The molecule has 8 nitrogen and oxygen atoms in total. The third-order valence-electron chi connectivity index (χ3n) is 4.92. The lowest BCUT2D eigenvalue weighted by atomic mass is 10.1. The Morgan fingerprint density at radius 3 is 2.39 bits per heavy atom. The number of methoxy groups -OCH3 is 1. The standard InChI is InChI=1S/C22H26N4O4S/c1-16-8-10-18(11-9-16)15-26-21(19(23)14-17-6-4-3-5-7-17)24-25-22(26)31(28,29)13-12-20(27)30-2/h3-11,19H,12-15,23H2,1-2H3/t19-/m0/s1. The van der Waals surface area contributed by atoms with E-state index in [4.69, 9.17) is 5.73 Å². The van der Waals surface area contributed by atoms with E-state index in [0.29, 0.717) is 12.2 Å². The Bertz CT molecular complexity index is 1130. The molecule has 1 atom stereocenters. The molecule has 0 aliphatic carbocycles. The minimum absolute atomic E-state index is 0.199. The first-order valence-corrected chi connectivity index (χ1v) is 11.5. The first-order chi connectivity index (χ1) is 14.8. The summed E-state index contributed by atoms with van der Waals surface area (Å²) in [5.74, 6) is -0.644. The number of aromatic nitrogens is 3. The first-order valence-electron chi connectivity index (χ1n) is 9.88. The lowest BCUT2D eigenvalue weighted by Crippen LogP contribution is -2.23. The lowest BCUT2D eigenvalue weighted by molar-refractivity contribution is -0.140. The summed E-state index contributed by atoms with van der Waals surface area (Å²) in [6.45, 7) is 2.23. The Morgan fingerprint density at radius 2 is 1.74 bits per heavy atom. The maximum Gasteiger partial charge on any atom is 0.306 e. The van der Waals surface area contributed by atoms with Gasteiger partial charge >= 0.3 is 5.97 Å². The third-order valence-corrected chi connectivity index (χ3v) is 6.52. The fourth-order valence-electron chi connectivity index (χ4n) is 3.20. The maximum atomic E-state index is 12.9. The van der Waals surface area contributed by atoms with Crippen molar-refractivity contribution in [1.29, 1.82) is 0 Å². The molecule has 164 valence electrons. The van der Waals surface area contributed by atoms with Gasteiger partial charge in [-0.3, -0.25) is 9.36 Å². The second-order valence-electron chi connectivity index (χ2n) is 7.35. The molecule has 3 aromatic rings. The van der Waals surface area contributed by atoms with Gasteiger partial charge in [0.05, 0.1) is 31.9 Å². The summed E-state index contributed by atoms with van der Waals surface area (Å²) in [4.78, 5) is 11.5.